The second-order valence-corrected chi connectivity index (χ2v) is 3.10. The van der Waals surface area contributed by atoms with E-state index < -0.39 is 10.0 Å². The fourth-order valence-electron chi connectivity index (χ4n) is 0.214. The molecule has 0 unspecified atom stereocenters. The van der Waals surface area contributed by atoms with Crippen molar-refractivity contribution in [3.63, 3.8) is 0 Å². The second kappa shape index (κ2) is 3.01. The standard InChI is InChI=1S/C3H9NO3S/c1-4-8(5,6)3-7-2/h4H,3H2,1-2H3. The minimum absolute atomic E-state index is 0.274. The Morgan fingerprint density at radius 3 is 2.25 bits per heavy atom. The van der Waals surface area contributed by atoms with E-state index in [-0.39, 0.29) is 5.94 Å². The number of sulfonamides is 1. The SMILES string of the molecule is CNS(=O)(=O)COC. The molecule has 5 heteroatoms. The molecule has 0 saturated carbocycles. The fraction of sp³-hybridized carbons (Fsp3) is 1.00. The van der Waals surface area contributed by atoms with Crippen LogP contribution in [0.1, 0.15) is 0 Å². The molecule has 0 aromatic rings. The summed E-state index contributed by atoms with van der Waals surface area (Å²) < 4.78 is 27.2. The maximum Gasteiger partial charge on any atom is 0.235 e. The van der Waals surface area contributed by atoms with Crippen LogP contribution in [-0.2, 0) is 14.8 Å². The van der Waals surface area contributed by atoms with E-state index in [2.05, 4.69) is 9.46 Å². The molecule has 0 bridgehead atoms. The van der Waals surface area contributed by atoms with E-state index in [1.54, 1.807) is 0 Å². The molecule has 0 aliphatic rings. The third-order valence-corrected chi connectivity index (χ3v) is 1.75. The Hall–Kier alpha value is -0.130. The maximum absolute atomic E-state index is 10.4. The molecule has 0 radical (unpaired) electrons. The van der Waals surface area contributed by atoms with Crippen LogP contribution in [0, 0.1) is 0 Å². The Labute approximate surface area is 48.9 Å². The summed E-state index contributed by atoms with van der Waals surface area (Å²) >= 11 is 0. The highest BCUT2D eigenvalue weighted by atomic mass is 32.2. The van der Waals surface area contributed by atoms with Gasteiger partial charge in [-0.15, -0.1) is 0 Å². The summed E-state index contributed by atoms with van der Waals surface area (Å²) in [7, 11) is -0.472. The molecule has 0 heterocycles. The number of hydrogen-bond acceptors (Lipinski definition) is 3. The van der Waals surface area contributed by atoms with Crippen molar-refractivity contribution in [2.24, 2.45) is 0 Å². The average molecular weight is 139 g/mol. The number of methoxy groups -OCH3 is 1. The van der Waals surface area contributed by atoms with Crippen LogP contribution in [0.3, 0.4) is 0 Å². The summed E-state index contributed by atoms with van der Waals surface area (Å²) in [6, 6.07) is 0. The molecule has 0 aromatic heterocycles. The van der Waals surface area contributed by atoms with Gasteiger partial charge in [0.1, 0.15) is 0 Å². The summed E-state index contributed by atoms with van der Waals surface area (Å²) in [5, 5.41) is 0. The molecule has 0 aromatic carbocycles. The van der Waals surface area contributed by atoms with Crippen molar-refractivity contribution in [3.05, 3.63) is 0 Å². The summed E-state index contributed by atoms with van der Waals surface area (Å²) in [5.74, 6) is -0.274. The Bertz CT molecular complexity index is 139. The third-order valence-electron chi connectivity index (χ3n) is 0.584. The quantitative estimate of drug-likeness (QED) is 0.553. The largest absolute Gasteiger partial charge is 0.367 e. The van der Waals surface area contributed by atoms with Crippen LogP contribution in [0.4, 0.5) is 0 Å². The van der Waals surface area contributed by atoms with Gasteiger partial charge in [-0.05, 0) is 7.05 Å². The zero-order chi connectivity index (χ0) is 6.62. The molecular formula is C3H9NO3S. The van der Waals surface area contributed by atoms with Crippen LogP contribution in [0.5, 0.6) is 0 Å². The lowest BCUT2D eigenvalue weighted by molar-refractivity contribution is 0.249. The van der Waals surface area contributed by atoms with Gasteiger partial charge in [-0.3, -0.25) is 0 Å². The van der Waals surface area contributed by atoms with E-state index >= 15 is 0 Å². The van der Waals surface area contributed by atoms with E-state index in [0.717, 1.165) is 0 Å². The van der Waals surface area contributed by atoms with E-state index in [4.69, 9.17) is 0 Å². The molecule has 8 heavy (non-hydrogen) atoms. The summed E-state index contributed by atoms with van der Waals surface area (Å²) in [5.41, 5.74) is 0. The average Bonchev–Trinajstić information content (AvgIpc) is 1.67. The lowest BCUT2D eigenvalue weighted by Crippen LogP contribution is -2.22. The smallest absolute Gasteiger partial charge is 0.235 e. The Kier molecular flexibility index (Phi) is 2.96. The summed E-state index contributed by atoms with van der Waals surface area (Å²) in [6.45, 7) is 0. The second-order valence-electron chi connectivity index (χ2n) is 1.23. The highest BCUT2D eigenvalue weighted by Crippen LogP contribution is 1.78. The first-order valence-corrected chi connectivity index (χ1v) is 3.68. The van der Waals surface area contributed by atoms with E-state index in [0.29, 0.717) is 0 Å². The van der Waals surface area contributed by atoms with Crippen molar-refractivity contribution in [2.45, 2.75) is 0 Å². The van der Waals surface area contributed by atoms with Crippen molar-refractivity contribution in [1.82, 2.24) is 4.72 Å². The van der Waals surface area contributed by atoms with Crippen LogP contribution < -0.4 is 4.72 Å². The molecule has 1 N–H and O–H groups in total. The molecule has 0 rings (SSSR count). The predicted octanol–water partition coefficient (Wildman–Crippen LogP) is -0.861. The van der Waals surface area contributed by atoms with Crippen LogP contribution in [0.25, 0.3) is 0 Å². The van der Waals surface area contributed by atoms with Crippen molar-refractivity contribution >= 4 is 10.0 Å². The molecule has 0 saturated heterocycles. The molecule has 0 atom stereocenters. The van der Waals surface area contributed by atoms with Crippen LogP contribution in [-0.4, -0.2) is 28.5 Å². The fourth-order valence-corrected chi connectivity index (χ4v) is 0.642. The molecule has 0 amide bonds. The third kappa shape index (κ3) is 2.95. The van der Waals surface area contributed by atoms with Crippen LogP contribution in [0.2, 0.25) is 0 Å². The zero-order valence-electron chi connectivity index (χ0n) is 4.84. The van der Waals surface area contributed by atoms with Gasteiger partial charge in [0.15, 0.2) is 5.94 Å². The lowest BCUT2D eigenvalue weighted by atomic mass is 11.5. The highest BCUT2D eigenvalue weighted by Gasteiger charge is 2.02. The first-order valence-electron chi connectivity index (χ1n) is 2.02. The van der Waals surface area contributed by atoms with Crippen molar-refractivity contribution < 1.29 is 13.2 Å². The maximum atomic E-state index is 10.4. The van der Waals surface area contributed by atoms with E-state index in [1.807, 2.05) is 0 Å². The topological polar surface area (TPSA) is 55.4 Å². The summed E-state index contributed by atoms with van der Waals surface area (Å²) in [4.78, 5) is 0. The van der Waals surface area contributed by atoms with Gasteiger partial charge in [0.2, 0.25) is 10.0 Å². The number of rotatable bonds is 3. The van der Waals surface area contributed by atoms with Gasteiger partial charge in [-0.25, -0.2) is 13.1 Å². The minimum Gasteiger partial charge on any atom is -0.367 e. The Morgan fingerprint density at radius 1 is 1.62 bits per heavy atom. The molecule has 0 aliphatic heterocycles. The molecule has 50 valence electrons. The van der Waals surface area contributed by atoms with E-state index in [1.165, 1.54) is 14.2 Å². The van der Waals surface area contributed by atoms with E-state index in [9.17, 15) is 8.42 Å². The van der Waals surface area contributed by atoms with Gasteiger partial charge in [-0.1, -0.05) is 0 Å². The molecule has 0 fully saturated rings. The molecule has 0 spiro atoms. The van der Waals surface area contributed by atoms with Gasteiger partial charge in [-0.2, -0.15) is 0 Å². The van der Waals surface area contributed by atoms with Crippen LogP contribution >= 0.6 is 0 Å². The van der Waals surface area contributed by atoms with Gasteiger partial charge in [0.05, 0.1) is 0 Å². The zero-order valence-corrected chi connectivity index (χ0v) is 5.66. The molecular weight excluding hydrogens is 130 g/mol. The number of ether oxygens (including phenoxy) is 1. The molecule has 0 aliphatic carbocycles. The van der Waals surface area contributed by atoms with Crippen molar-refractivity contribution in [3.8, 4) is 0 Å². The lowest BCUT2D eigenvalue weighted by Gasteiger charge is -1.96. The predicted molar refractivity (Wildman–Crippen MR) is 29.9 cm³/mol. The first-order chi connectivity index (χ1) is 3.62. The monoisotopic (exact) mass is 139 g/mol. The summed E-state index contributed by atoms with van der Waals surface area (Å²) in [6.07, 6.45) is 0. The van der Waals surface area contributed by atoms with Crippen molar-refractivity contribution in [1.29, 1.82) is 0 Å². The molecule has 4 nitrogen and oxygen atoms in total. The van der Waals surface area contributed by atoms with Gasteiger partial charge >= 0.3 is 0 Å². The first kappa shape index (κ1) is 7.87. The van der Waals surface area contributed by atoms with Gasteiger partial charge in [0.25, 0.3) is 0 Å². The van der Waals surface area contributed by atoms with Gasteiger partial charge < -0.3 is 4.74 Å². The van der Waals surface area contributed by atoms with Gasteiger partial charge in [0, 0.05) is 7.11 Å². The Balaban J connectivity index is 3.76. The van der Waals surface area contributed by atoms with Crippen molar-refractivity contribution in [2.75, 3.05) is 20.1 Å². The minimum atomic E-state index is -3.14. The number of hydrogen-bond donors (Lipinski definition) is 1. The highest BCUT2D eigenvalue weighted by molar-refractivity contribution is 7.89. The van der Waals surface area contributed by atoms with Crippen LogP contribution in [0.15, 0.2) is 0 Å². The number of nitrogens with one attached hydrogen (secondary N) is 1. The normalized spacial score (nSPS) is 11.8. The Morgan fingerprint density at radius 2 is 2.12 bits per heavy atom.